The maximum atomic E-state index is 12.8. The van der Waals surface area contributed by atoms with E-state index >= 15 is 0 Å². The highest BCUT2D eigenvalue weighted by molar-refractivity contribution is 5.77. The highest BCUT2D eigenvalue weighted by Gasteiger charge is 2.38. The van der Waals surface area contributed by atoms with Crippen LogP contribution in [0.2, 0.25) is 0 Å². The zero-order valence-corrected chi connectivity index (χ0v) is 12.7. The Hall–Kier alpha value is -1.26. The Morgan fingerprint density at radius 3 is 2.43 bits per heavy atom. The zero-order chi connectivity index (χ0) is 14.8. The van der Waals surface area contributed by atoms with Gasteiger partial charge in [-0.2, -0.15) is 0 Å². The number of fused-ring (bicyclic) bond motifs is 1. The van der Waals surface area contributed by atoms with Gasteiger partial charge in [-0.3, -0.25) is 4.79 Å². The number of hydrogen-bond acceptors (Lipinski definition) is 2. The molecule has 5 nitrogen and oxygen atoms in total. The molecule has 0 aromatic carbocycles. The number of carbonyl (C=O) groups excluding carboxylic acids is 1. The minimum absolute atomic E-state index is 0.0950. The summed E-state index contributed by atoms with van der Waals surface area (Å²) in [6.45, 7) is 1.97. The maximum Gasteiger partial charge on any atom is 0.320 e. The molecule has 21 heavy (non-hydrogen) atoms. The zero-order valence-electron chi connectivity index (χ0n) is 12.7. The molecule has 1 aliphatic carbocycles. The Labute approximate surface area is 126 Å². The first-order valence-electron chi connectivity index (χ1n) is 8.45. The topological polar surface area (TPSA) is 60.9 Å². The second-order valence-corrected chi connectivity index (χ2v) is 6.85. The number of aliphatic carboxylic acids is 1. The Balaban J connectivity index is 1.67. The minimum atomic E-state index is -0.762. The molecule has 2 heterocycles. The lowest BCUT2D eigenvalue weighted by molar-refractivity contribution is -0.143. The van der Waals surface area contributed by atoms with E-state index in [1.807, 2.05) is 0 Å². The van der Waals surface area contributed by atoms with Crippen molar-refractivity contribution >= 4 is 12.0 Å². The fourth-order valence-corrected chi connectivity index (χ4v) is 4.40. The molecule has 3 fully saturated rings. The van der Waals surface area contributed by atoms with Gasteiger partial charge in [0.1, 0.15) is 0 Å². The first-order chi connectivity index (χ1) is 10.2. The Morgan fingerprint density at radius 1 is 0.905 bits per heavy atom. The molecule has 3 unspecified atom stereocenters. The van der Waals surface area contributed by atoms with Crippen LogP contribution in [0.5, 0.6) is 0 Å². The quantitative estimate of drug-likeness (QED) is 0.808. The SMILES string of the molecule is O=C(O)C1CCCN(C(=O)N2CCCC3CCCCC32)C1. The van der Waals surface area contributed by atoms with Gasteiger partial charge in [-0.1, -0.05) is 12.8 Å². The summed E-state index contributed by atoms with van der Waals surface area (Å²) in [5, 5.41) is 9.18. The van der Waals surface area contributed by atoms with Crippen LogP contribution in [0.15, 0.2) is 0 Å². The number of carboxylic acids is 1. The Bertz CT molecular complexity index is 410. The largest absolute Gasteiger partial charge is 0.481 e. The highest BCUT2D eigenvalue weighted by atomic mass is 16.4. The minimum Gasteiger partial charge on any atom is -0.481 e. The van der Waals surface area contributed by atoms with Crippen molar-refractivity contribution in [3.63, 3.8) is 0 Å². The van der Waals surface area contributed by atoms with Crippen LogP contribution in [0, 0.1) is 11.8 Å². The van der Waals surface area contributed by atoms with Crippen LogP contribution in [0.4, 0.5) is 4.79 Å². The van der Waals surface area contributed by atoms with Gasteiger partial charge >= 0.3 is 12.0 Å². The van der Waals surface area contributed by atoms with E-state index in [0.717, 1.165) is 32.4 Å². The molecule has 2 saturated heterocycles. The number of carboxylic acid groups (broad SMARTS) is 1. The van der Waals surface area contributed by atoms with E-state index in [4.69, 9.17) is 0 Å². The van der Waals surface area contributed by atoms with Crippen LogP contribution in [0.25, 0.3) is 0 Å². The summed E-state index contributed by atoms with van der Waals surface area (Å²) in [6.07, 6.45) is 8.78. The molecule has 3 aliphatic rings. The molecule has 1 N–H and O–H groups in total. The number of hydrogen-bond donors (Lipinski definition) is 1. The number of urea groups is 1. The van der Waals surface area contributed by atoms with E-state index in [2.05, 4.69) is 4.90 Å². The van der Waals surface area contributed by atoms with Crippen molar-refractivity contribution in [2.24, 2.45) is 11.8 Å². The summed E-state index contributed by atoms with van der Waals surface area (Å²) < 4.78 is 0. The van der Waals surface area contributed by atoms with Gasteiger partial charge in [0.25, 0.3) is 0 Å². The molecule has 1 saturated carbocycles. The van der Waals surface area contributed by atoms with Crippen molar-refractivity contribution in [2.75, 3.05) is 19.6 Å². The third-order valence-electron chi connectivity index (χ3n) is 5.53. The first-order valence-corrected chi connectivity index (χ1v) is 8.45. The number of piperidine rings is 2. The lowest BCUT2D eigenvalue weighted by Gasteiger charge is -2.46. The average Bonchev–Trinajstić information content (AvgIpc) is 2.53. The van der Waals surface area contributed by atoms with Crippen LogP contribution >= 0.6 is 0 Å². The molecular weight excluding hydrogens is 268 g/mol. The van der Waals surface area contributed by atoms with E-state index in [0.29, 0.717) is 24.9 Å². The number of carbonyl (C=O) groups is 2. The average molecular weight is 294 g/mol. The maximum absolute atomic E-state index is 12.8. The van der Waals surface area contributed by atoms with Crippen molar-refractivity contribution in [3.05, 3.63) is 0 Å². The van der Waals surface area contributed by atoms with Gasteiger partial charge in [-0.25, -0.2) is 4.79 Å². The molecule has 3 atom stereocenters. The van der Waals surface area contributed by atoms with Gasteiger partial charge in [0.05, 0.1) is 5.92 Å². The highest BCUT2D eigenvalue weighted by Crippen LogP contribution is 2.36. The fourth-order valence-electron chi connectivity index (χ4n) is 4.40. The van der Waals surface area contributed by atoms with E-state index in [1.165, 1.54) is 25.7 Å². The van der Waals surface area contributed by atoms with Crippen molar-refractivity contribution in [1.82, 2.24) is 9.80 Å². The van der Waals surface area contributed by atoms with Crippen molar-refractivity contribution in [3.8, 4) is 0 Å². The van der Waals surface area contributed by atoms with Gasteiger partial charge in [0.15, 0.2) is 0 Å². The van der Waals surface area contributed by atoms with Crippen molar-refractivity contribution < 1.29 is 14.7 Å². The summed E-state index contributed by atoms with van der Waals surface area (Å²) in [6, 6.07) is 0.503. The van der Waals surface area contributed by atoms with Gasteiger partial charge in [-0.05, 0) is 44.4 Å². The molecular formula is C16H26N2O3. The van der Waals surface area contributed by atoms with Gasteiger partial charge in [-0.15, -0.1) is 0 Å². The van der Waals surface area contributed by atoms with Crippen LogP contribution in [-0.2, 0) is 4.79 Å². The molecule has 0 aromatic heterocycles. The summed E-state index contributed by atoms with van der Waals surface area (Å²) in [5.41, 5.74) is 0. The lowest BCUT2D eigenvalue weighted by Crippen LogP contribution is -2.56. The van der Waals surface area contributed by atoms with Gasteiger partial charge < -0.3 is 14.9 Å². The van der Waals surface area contributed by atoms with Crippen LogP contribution < -0.4 is 0 Å². The molecule has 0 aromatic rings. The number of amides is 2. The second-order valence-electron chi connectivity index (χ2n) is 6.85. The van der Waals surface area contributed by atoms with Crippen LogP contribution in [0.1, 0.15) is 51.4 Å². The Kier molecular flexibility index (Phi) is 4.36. The van der Waals surface area contributed by atoms with Gasteiger partial charge in [0, 0.05) is 25.7 Å². The number of likely N-dealkylation sites (tertiary alicyclic amines) is 2. The van der Waals surface area contributed by atoms with Crippen molar-refractivity contribution in [2.45, 2.75) is 57.4 Å². The third-order valence-corrected chi connectivity index (χ3v) is 5.53. The van der Waals surface area contributed by atoms with E-state index in [9.17, 15) is 14.7 Å². The molecule has 2 aliphatic heterocycles. The number of nitrogens with zero attached hydrogens (tertiary/aromatic N) is 2. The fraction of sp³-hybridized carbons (Fsp3) is 0.875. The third kappa shape index (κ3) is 3.01. The van der Waals surface area contributed by atoms with E-state index < -0.39 is 5.97 Å². The summed E-state index contributed by atoms with van der Waals surface area (Å²) in [4.78, 5) is 27.9. The van der Waals surface area contributed by atoms with Crippen LogP contribution in [-0.4, -0.2) is 52.6 Å². The molecule has 2 amide bonds. The normalized spacial score (nSPS) is 33.4. The Morgan fingerprint density at radius 2 is 1.62 bits per heavy atom. The predicted molar refractivity (Wildman–Crippen MR) is 79.0 cm³/mol. The standard InChI is InChI=1S/C16H26N2O3/c19-15(20)13-7-3-9-17(11-13)16(21)18-10-4-6-12-5-1-2-8-14(12)18/h12-14H,1-11H2,(H,19,20). The molecule has 3 rings (SSSR count). The van der Waals surface area contributed by atoms with Crippen molar-refractivity contribution in [1.29, 1.82) is 0 Å². The van der Waals surface area contributed by atoms with E-state index in [-0.39, 0.29) is 11.9 Å². The smallest absolute Gasteiger partial charge is 0.320 e. The summed E-state index contributed by atoms with van der Waals surface area (Å²) >= 11 is 0. The molecule has 5 heteroatoms. The molecule has 0 radical (unpaired) electrons. The summed E-state index contributed by atoms with van der Waals surface area (Å²) in [7, 11) is 0. The molecule has 118 valence electrons. The molecule has 0 bridgehead atoms. The summed E-state index contributed by atoms with van der Waals surface area (Å²) in [5.74, 6) is -0.465. The monoisotopic (exact) mass is 294 g/mol. The first kappa shape index (κ1) is 14.7. The predicted octanol–water partition coefficient (Wildman–Crippen LogP) is 2.56. The lowest BCUT2D eigenvalue weighted by atomic mass is 9.78. The molecule has 0 spiro atoms. The van der Waals surface area contributed by atoms with Gasteiger partial charge in [0.2, 0.25) is 0 Å². The van der Waals surface area contributed by atoms with E-state index in [1.54, 1.807) is 4.90 Å². The number of rotatable bonds is 1. The van der Waals surface area contributed by atoms with Crippen LogP contribution in [0.3, 0.4) is 0 Å². The second kappa shape index (κ2) is 6.24.